The summed E-state index contributed by atoms with van der Waals surface area (Å²) in [6.45, 7) is 1.84. The van der Waals surface area contributed by atoms with Crippen LogP contribution >= 0.6 is 0 Å². The number of amides is 1. The van der Waals surface area contributed by atoms with Crippen molar-refractivity contribution < 1.29 is 24.9 Å². The Labute approximate surface area is 94.2 Å². The van der Waals surface area contributed by atoms with Crippen molar-refractivity contribution in [3.8, 4) is 0 Å². The van der Waals surface area contributed by atoms with Crippen molar-refractivity contribution >= 4 is 5.91 Å². The average Bonchev–Trinajstić information content (AvgIpc) is 2.25. The van der Waals surface area contributed by atoms with Gasteiger partial charge in [-0.3, -0.25) is 4.79 Å². The molecule has 1 heterocycles. The molecule has 1 amide bonds. The van der Waals surface area contributed by atoms with Crippen molar-refractivity contribution in [2.75, 3.05) is 20.3 Å². The minimum atomic E-state index is -1.71. The molecule has 1 saturated heterocycles. The Morgan fingerprint density at radius 1 is 1.38 bits per heavy atom. The third-order valence-corrected chi connectivity index (χ3v) is 3.06. The topological polar surface area (TPSA) is 99.0 Å². The van der Waals surface area contributed by atoms with Gasteiger partial charge < -0.3 is 25.4 Å². The standard InChI is InChI=1S/C10H19NO5/c1-6-4-16-5-8(13)7(12)3-10(6,15)9(14)11-2/h6-8,12-13,15H,3-5H2,1-2H3,(H,11,14)/t6-,7+,8-,10+/m1/s1. The molecule has 4 atom stereocenters. The number of carbonyl (C=O) groups is 1. The molecule has 16 heavy (non-hydrogen) atoms. The van der Waals surface area contributed by atoms with Gasteiger partial charge in [0.1, 0.15) is 11.7 Å². The molecule has 1 fully saturated rings. The van der Waals surface area contributed by atoms with Gasteiger partial charge >= 0.3 is 0 Å². The zero-order valence-electron chi connectivity index (χ0n) is 9.51. The van der Waals surface area contributed by atoms with E-state index in [-0.39, 0.29) is 19.6 Å². The predicted molar refractivity (Wildman–Crippen MR) is 55.6 cm³/mol. The van der Waals surface area contributed by atoms with Crippen molar-refractivity contribution in [1.82, 2.24) is 5.32 Å². The van der Waals surface area contributed by atoms with E-state index < -0.39 is 29.6 Å². The van der Waals surface area contributed by atoms with Crippen LogP contribution in [-0.4, -0.2) is 59.3 Å². The average molecular weight is 233 g/mol. The molecule has 0 aromatic rings. The molecule has 0 spiro atoms. The van der Waals surface area contributed by atoms with Gasteiger partial charge in [0.2, 0.25) is 0 Å². The van der Waals surface area contributed by atoms with Crippen LogP contribution in [0.15, 0.2) is 0 Å². The van der Waals surface area contributed by atoms with Crippen LogP contribution in [0.2, 0.25) is 0 Å². The lowest BCUT2D eigenvalue weighted by Crippen LogP contribution is -2.56. The fourth-order valence-electron chi connectivity index (χ4n) is 1.80. The number of likely N-dealkylation sites (N-methyl/N-ethyl adjacent to an activating group) is 1. The molecule has 6 heteroatoms. The van der Waals surface area contributed by atoms with E-state index in [0.29, 0.717) is 0 Å². The zero-order chi connectivity index (χ0) is 12.3. The van der Waals surface area contributed by atoms with Crippen LogP contribution in [0.1, 0.15) is 13.3 Å². The molecule has 4 N–H and O–H groups in total. The number of ether oxygens (including phenoxy) is 1. The normalized spacial score (nSPS) is 40.9. The van der Waals surface area contributed by atoms with Crippen molar-refractivity contribution in [1.29, 1.82) is 0 Å². The Kier molecular flexibility index (Phi) is 4.26. The fourth-order valence-corrected chi connectivity index (χ4v) is 1.80. The number of nitrogens with one attached hydrogen (secondary N) is 1. The number of aliphatic hydroxyl groups excluding tert-OH is 2. The highest BCUT2D eigenvalue weighted by Gasteiger charge is 2.45. The van der Waals surface area contributed by atoms with Crippen molar-refractivity contribution in [2.24, 2.45) is 5.92 Å². The number of aliphatic hydroxyl groups is 3. The highest BCUT2D eigenvalue weighted by molar-refractivity contribution is 5.85. The van der Waals surface area contributed by atoms with E-state index in [4.69, 9.17) is 4.74 Å². The summed E-state index contributed by atoms with van der Waals surface area (Å²) < 4.78 is 5.11. The molecule has 0 bridgehead atoms. The fraction of sp³-hybridized carbons (Fsp3) is 0.900. The van der Waals surface area contributed by atoms with E-state index >= 15 is 0 Å². The van der Waals surface area contributed by atoms with Crippen molar-refractivity contribution in [3.63, 3.8) is 0 Å². The highest BCUT2D eigenvalue weighted by Crippen LogP contribution is 2.27. The molecule has 0 saturated carbocycles. The molecular formula is C10H19NO5. The van der Waals surface area contributed by atoms with Gasteiger partial charge in [0.25, 0.3) is 5.91 Å². The lowest BCUT2D eigenvalue weighted by atomic mass is 9.81. The first-order chi connectivity index (χ1) is 7.41. The second-order valence-electron chi connectivity index (χ2n) is 4.28. The lowest BCUT2D eigenvalue weighted by Gasteiger charge is -2.37. The molecule has 1 aliphatic heterocycles. The van der Waals surface area contributed by atoms with E-state index in [1.54, 1.807) is 6.92 Å². The molecule has 0 radical (unpaired) electrons. The molecule has 94 valence electrons. The van der Waals surface area contributed by atoms with Crippen LogP contribution in [0, 0.1) is 5.92 Å². The number of rotatable bonds is 1. The SMILES string of the molecule is CNC(=O)[C@]1(O)C[C@H](O)[C@H](O)COC[C@H]1C. The highest BCUT2D eigenvalue weighted by atomic mass is 16.5. The number of carbonyl (C=O) groups excluding carboxylic acids is 1. The Morgan fingerprint density at radius 3 is 2.56 bits per heavy atom. The van der Waals surface area contributed by atoms with Gasteiger partial charge in [-0.05, 0) is 0 Å². The quantitative estimate of drug-likeness (QED) is 0.430. The van der Waals surface area contributed by atoms with Crippen LogP contribution in [0.25, 0.3) is 0 Å². The molecule has 6 nitrogen and oxygen atoms in total. The molecule has 0 aromatic carbocycles. The summed E-state index contributed by atoms with van der Waals surface area (Å²) in [5.74, 6) is -1.02. The number of hydrogen-bond donors (Lipinski definition) is 4. The zero-order valence-corrected chi connectivity index (χ0v) is 9.51. The maximum absolute atomic E-state index is 11.6. The van der Waals surface area contributed by atoms with E-state index in [1.807, 2.05) is 0 Å². The summed E-state index contributed by atoms with van der Waals surface area (Å²) >= 11 is 0. The minimum absolute atomic E-state index is 0.00926. The van der Waals surface area contributed by atoms with E-state index in [2.05, 4.69) is 5.32 Å². The summed E-state index contributed by atoms with van der Waals surface area (Å²) in [7, 11) is 1.41. The smallest absolute Gasteiger partial charge is 0.252 e. The summed E-state index contributed by atoms with van der Waals surface area (Å²) in [4.78, 5) is 11.6. The Bertz CT molecular complexity index is 260. The second kappa shape index (κ2) is 5.09. The largest absolute Gasteiger partial charge is 0.390 e. The van der Waals surface area contributed by atoms with Gasteiger partial charge in [-0.1, -0.05) is 6.92 Å². The molecule has 1 aliphatic rings. The molecule has 1 rings (SSSR count). The van der Waals surface area contributed by atoms with Gasteiger partial charge in [-0.25, -0.2) is 0 Å². The maximum atomic E-state index is 11.6. The third kappa shape index (κ3) is 2.52. The van der Waals surface area contributed by atoms with Crippen molar-refractivity contribution in [3.05, 3.63) is 0 Å². The second-order valence-corrected chi connectivity index (χ2v) is 4.28. The summed E-state index contributed by atoms with van der Waals surface area (Å²) in [6.07, 6.45) is -2.45. The van der Waals surface area contributed by atoms with Crippen LogP contribution in [0.4, 0.5) is 0 Å². The maximum Gasteiger partial charge on any atom is 0.252 e. The first kappa shape index (κ1) is 13.4. The Morgan fingerprint density at radius 2 is 2.00 bits per heavy atom. The summed E-state index contributed by atoms with van der Waals surface area (Å²) in [5, 5.41) is 31.6. The summed E-state index contributed by atoms with van der Waals surface area (Å²) in [5.41, 5.74) is -1.71. The lowest BCUT2D eigenvalue weighted by molar-refractivity contribution is -0.165. The van der Waals surface area contributed by atoms with E-state index in [9.17, 15) is 20.1 Å². The van der Waals surface area contributed by atoms with Crippen LogP contribution in [0.3, 0.4) is 0 Å². The molecule has 0 aliphatic carbocycles. The Balaban J connectivity index is 2.89. The minimum Gasteiger partial charge on any atom is -0.390 e. The van der Waals surface area contributed by atoms with Gasteiger partial charge in [-0.15, -0.1) is 0 Å². The molecular weight excluding hydrogens is 214 g/mol. The summed E-state index contributed by atoms with van der Waals surface area (Å²) in [6, 6.07) is 0. The van der Waals surface area contributed by atoms with Gasteiger partial charge in [-0.2, -0.15) is 0 Å². The first-order valence-electron chi connectivity index (χ1n) is 5.30. The van der Waals surface area contributed by atoms with Crippen LogP contribution < -0.4 is 5.32 Å². The van der Waals surface area contributed by atoms with E-state index in [1.165, 1.54) is 7.05 Å². The molecule has 0 unspecified atom stereocenters. The first-order valence-corrected chi connectivity index (χ1v) is 5.30. The van der Waals surface area contributed by atoms with Crippen LogP contribution in [0.5, 0.6) is 0 Å². The van der Waals surface area contributed by atoms with Crippen molar-refractivity contribution in [2.45, 2.75) is 31.2 Å². The van der Waals surface area contributed by atoms with Crippen LogP contribution in [-0.2, 0) is 9.53 Å². The Hall–Kier alpha value is -0.690. The van der Waals surface area contributed by atoms with E-state index in [0.717, 1.165) is 0 Å². The number of hydrogen-bond acceptors (Lipinski definition) is 5. The molecule has 0 aromatic heterocycles. The van der Waals surface area contributed by atoms with Gasteiger partial charge in [0.05, 0.1) is 19.3 Å². The van der Waals surface area contributed by atoms with Gasteiger partial charge in [0, 0.05) is 19.4 Å². The monoisotopic (exact) mass is 233 g/mol. The predicted octanol–water partition coefficient (Wildman–Crippen LogP) is -1.76. The van der Waals surface area contributed by atoms with Gasteiger partial charge in [0.15, 0.2) is 0 Å². The third-order valence-electron chi connectivity index (χ3n) is 3.06.